The lowest BCUT2D eigenvalue weighted by Crippen LogP contribution is -2.44. The van der Waals surface area contributed by atoms with Crippen molar-refractivity contribution >= 4 is 33.0 Å². The first-order valence-electron chi connectivity index (χ1n) is 9.87. The van der Waals surface area contributed by atoms with Gasteiger partial charge in [0.15, 0.2) is 0 Å². The molecule has 1 aromatic rings. The maximum Gasteiger partial charge on any atom is 0.294 e. The standard InChI is InChI=1S/C20H29BrN4O3/c1-4-5-17-13-28-9-8-24(17)14(2)18-10-15(21)11-19(25(26)27)20(18)22-16-6-7-23(3)12-16/h10-11,16-17,22H,2,4-9,12-13H2,1,3H3. The van der Waals surface area contributed by atoms with Crippen LogP contribution >= 0.6 is 15.9 Å². The monoisotopic (exact) mass is 452 g/mol. The van der Waals surface area contributed by atoms with Crippen LogP contribution in [0.5, 0.6) is 0 Å². The molecule has 154 valence electrons. The summed E-state index contributed by atoms with van der Waals surface area (Å²) in [5.41, 5.74) is 2.26. The number of hydrogen-bond donors (Lipinski definition) is 1. The fourth-order valence-corrected chi connectivity index (χ4v) is 4.56. The molecule has 0 aliphatic carbocycles. The first-order valence-corrected chi connectivity index (χ1v) is 10.7. The fourth-order valence-electron chi connectivity index (χ4n) is 4.11. The Kier molecular flexibility index (Phi) is 6.95. The molecule has 2 heterocycles. The number of likely N-dealkylation sites (N-methyl/N-ethyl adjacent to an activating group) is 1. The lowest BCUT2D eigenvalue weighted by atomic mass is 10.0. The predicted octanol–water partition coefficient (Wildman–Crippen LogP) is 3.94. The fraction of sp³-hybridized carbons (Fsp3) is 0.600. The summed E-state index contributed by atoms with van der Waals surface area (Å²) in [6, 6.07) is 3.94. The number of nitro groups is 1. The van der Waals surface area contributed by atoms with Gasteiger partial charge in [-0.1, -0.05) is 35.9 Å². The molecule has 0 amide bonds. The quantitative estimate of drug-likeness (QED) is 0.498. The minimum absolute atomic E-state index is 0.0837. The Labute approximate surface area is 175 Å². The average Bonchev–Trinajstić information content (AvgIpc) is 3.07. The van der Waals surface area contributed by atoms with Gasteiger partial charge in [0, 0.05) is 40.9 Å². The average molecular weight is 453 g/mol. The van der Waals surface area contributed by atoms with Gasteiger partial charge in [-0.2, -0.15) is 0 Å². The van der Waals surface area contributed by atoms with Crippen LogP contribution in [0.25, 0.3) is 5.70 Å². The highest BCUT2D eigenvalue weighted by Gasteiger charge is 2.30. The van der Waals surface area contributed by atoms with Crippen molar-refractivity contribution in [3.05, 3.63) is 38.9 Å². The van der Waals surface area contributed by atoms with Crippen molar-refractivity contribution < 1.29 is 9.66 Å². The molecular weight excluding hydrogens is 424 g/mol. The SMILES string of the molecule is C=C(c1cc(Br)cc([N+](=O)[O-])c1NC1CCN(C)C1)N1CCOCC1CCC. The van der Waals surface area contributed by atoms with Gasteiger partial charge in [-0.25, -0.2) is 0 Å². The highest BCUT2D eigenvalue weighted by molar-refractivity contribution is 9.10. The van der Waals surface area contributed by atoms with Gasteiger partial charge in [-0.05, 0) is 32.5 Å². The van der Waals surface area contributed by atoms with Crippen LogP contribution in [0, 0.1) is 10.1 Å². The first-order chi connectivity index (χ1) is 13.4. The molecule has 0 spiro atoms. The minimum Gasteiger partial charge on any atom is -0.377 e. The molecule has 2 aliphatic rings. The lowest BCUT2D eigenvalue weighted by molar-refractivity contribution is -0.384. The van der Waals surface area contributed by atoms with Crippen molar-refractivity contribution in [2.24, 2.45) is 0 Å². The molecule has 0 saturated carbocycles. The maximum absolute atomic E-state index is 11.8. The molecule has 1 aromatic carbocycles. The summed E-state index contributed by atoms with van der Waals surface area (Å²) in [4.78, 5) is 16.0. The molecule has 1 N–H and O–H groups in total. The summed E-state index contributed by atoms with van der Waals surface area (Å²) in [7, 11) is 2.07. The van der Waals surface area contributed by atoms with Gasteiger partial charge in [0.1, 0.15) is 5.69 Å². The van der Waals surface area contributed by atoms with Crippen molar-refractivity contribution in [1.82, 2.24) is 9.80 Å². The van der Waals surface area contributed by atoms with E-state index >= 15 is 0 Å². The van der Waals surface area contributed by atoms with Crippen LogP contribution in [0.3, 0.4) is 0 Å². The van der Waals surface area contributed by atoms with Crippen LogP contribution in [0.1, 0.15) is 31.7 Å². The van der Waals surface area contributed by atoms with E-state index in [2.05, 4.69) is 51.6 Å². The van der Waals surface area contributed by atoms with Crippen molar-refractivity contribution in [2.45, 2.75) is 38.3 Å². The molecule has 7 nitrogen and oxygen atoms in total. The summed E-state index contributed by atoms with van der Waals surface area (Å²) in [5.74, 6) is 0. The smallest absolute Gasteiger partial charge is 0.294 e. The van der Waals surface area contributed by atoms with Gasteiger partial charge in [0.2, 0.25) is 0 Å². The van der Waals surface area contributed by atoms with Gasteiger partial charge >= 0.3 is 0 Å². The summed E-state index contributed by atoms with van der Waals surface area (Å²) in [5, 5.41) is 15.3. The largest absolute Gasteiger partial charge is 0.377 e. The number of morpholine rings is 1. The van der Waals surface area contributed by atoms with Gasteiger partial charge in [0.25, 0.3) is 5.69 Å². The number of halogens is 1. The van der Waals surface area contributed by atoms with E-state index in [1.165, 1.54) is 0 Å². The Morgan fingerprint density at radius 3 is 2.89 bits per heavy atom. The summed E-state index contributed by atoms with van der Waals surface area (Å²) >= 11 is 3.45. The number of nitro benzene ring substituents is 1. The zero-order valence-electron chi connectivity index (χ0n) is 16.6. The molecule has 2 saturated heterocycles. The van der Waals surface area contributed by atoms with E-state index in [0.29, 0.717) is 23.4 Å². The number of rotatable bonds is 7. The zero-order valence-corrected chi connectivity index (χ0v) is 18.2. The molecule has 2 unspecified atom stereocenters. The molecular formula is C20H29BrN4O3. The number of ether oxygens (including phenoxy) is 1. The normalized spacial score (nSPS) is 23.0. The summed E-state index contributed by atoms with van der Waals surface area (Å²) < 4.78 is 6.35. The molecule has 0 aromatic heterocycles. The molecule has 0 radical (unpaired) electrons. The Bertz CT molecular complexity index is 740. The first kappa shape index (κ1) is 21.1. The van der Waals surface area contributed by atoms with E-state index in [-0.39, 0.29) is 22.7 Å². The Balaban J connectivity index is 1.98. The van der Waals surface area contributed by atoms with Crippen LogP contribution in [-0.4, -0.2) is 66.7 Å². The molecule has 3 rings (SSSR count). The van der Waals surface area contributed by atoms with Crippen LogP contribution in [0.2, 0.25) is 0 Å². The van der Waals surface area contributed by atoms with Crippen molar-refractivity contribution in [1.29, 1.82) is 0 Å². The highest BCUT2D eigenvalue weighted by Crippen LogP contribution is 2.39. The number of nitrogens with zero attached hydrogens (tertiary/aromatic N) is 3. The number of hydrogen-bond acceptors (Lipinski definition) is 6. The maximum atomic E-state index is 11.8. The van der Waals surface area contributed by atoms with Crippen LogP contribution < -0.4 is 5.32 Å². The van der Waals surface area contributed by atoms with Gasteiger partial charge in [-0.15, -0.1) is 0 Å². The predicted molar refractivity (Wildman–Crippen MR) is 116 cm³/mol. The third-order valence-corrected chi connectivity index (χ3v) is 5.98. The summed E-state index contributed by atoms with van der Waals surface area (Å²) in [6.07, 6.45) is 3.02. The van der Waals surface area contributed by atoms with E-state index in [1.807, 2.05) is 6.07 Å². The topological polar surface area (TPSA) is 70.9 Å². The molecule has 2 atom stereocenters. The van der Waals surface area contributed by atoms with Crippen molar-refractivity contribution in [2.75, 3.05) is 45.2 Å². The lowest BCUT2D eigenvalue weighted by Gasteiger charge is -2.39. The van der Waals surface area contributed by atoms with E-state index < -0.39 is 0 Å². The van der Waals surface area contributed by atoms with E-state index in [1.54, 1.807) is 6.07 Å². The van der Waals surface area contributed by atoms with Crippen LogP contribution in [0.4, 0.5) is 11.4 Å². The van der Waals surface area contributed by atoms with E-state index in [0.717, 1.165) is 50.2 Å². The second-order valence-corrected chi connectivity index (χ2v) is 8.57. The van der Waals surface area contributed by atoms with E-state index in [4.69, 9.17) is 4.74 Å². The number of anilines is 1. The van der Waals surface area contributed by atoms with Gasteiger partial charge < -0.3 is 19.9 Å². The number of likely N-dealkylation sites (tertiary alicyclic amines) is 1. The Morgan fingerprint density at radius 2 is 2.25 bits per heavy atom. The zero-order chi connectivity index (χ0) is 20.3. The number of benzene rings is 1. The molecule has 0 bridgehead atoms. The van der Waals surface area contributed by atoms with Crippen molar-refractivity contribution in [3.63, 3.8) is 0 Å². The second kappa shape index (κ2) is 9.24. The number of nitrogens with one attached hydrogen (secondary N) is 1. The third kappa shape index (κ3) is 4.67. The molecule has 2 aliphatic heterocycles. The van der Waals surface area contributed by atoms with Crippen LogP contribution in [0.15, 0.2) is 23.2 Å². The Morgan fingerprint density at radius 1 is 1.46 bits per heavy atom. The van der Waals surface area contributed by atoms with Crippen molar-refractivity contribution in [3.8, 4) is 0 Å². The molecule has 8 heteroatoms. The minimum atomic E-state index is -0.314. The Hall–Kier alpha value is -1.64. The van der Waals surface area contributed by atoms with Gasteiger partial charge in [-0.3, -0.25) is 10.1 Å². The highest BCUT2D eigenvalue weighted by atomic mass is 79.9. The molecule has 28 heavy (non-hydrogen) atoms. The second-order valence-electron chi connectivity index (χ2n) is 7.65. The van der Waals surface area contributed by atoms with Crippen LogP contribution in [-0.2, 0) is 4.74 Å². The third-order valence-electron chi connectivity index (χ3n) is 5.53. The van der Waals surface area contributed by atoms with Gasteiger partial charge in [0.05, 0.1) is 24.2 Å². The summed E-state index contributed by atoms with van der Waals surface area (Å²) in [6.45, 7) is 10.4. The van der Waals surface area contributed by atoms with E-state index in [9.17, 15) is 10.1 Å². The molecule has 2 fully saturated rings.